The quantitative estimate of drug-likeness (QED) is 0.832. The normalized spacial score (nSPS) is 12.6. The third kappa shape index (κ3) is 2.99. The van der Waals surface area contributed by atoms with Crippen molar-refractivity contribution in [2.45, 2.75) is 25.7 Å². The summed E-state index contributed by atoms with van der Waals surface area (Å²) in [6.45, 7) is 1.14. The van der Waals surface area contributed by atoms with Crippen LogP contribution in [0.15, 0.2) is 12.1 Å². The number of rotatable bonds is 2. The Morgan fingerprint density at radius 3 is 1.95 bits per heavy atom. The van der Waals surface area contributed by atoms with Gasteiger partial charge < -0.3 is 5.73 Å². The minimum Gasteiger partial charge on any atom is -0.366 e. The second kappa shape index (κ2) is 4.75. The molecule has 0 radical (unpaired) electrons. The SMILES string of the molecule is CCc1c(C(F)(F)F)ccc(C(N)=O)c1C(F)(F)F. The van der Waals surface area contributed by atoms with Gasteiger partial charge in [-0.25, -0.2) is 0 Å². The fourth-order valence-corrected chi connectivity index (χ4v) is 1.81. The Bertz CT molecular complexity index is 503. The summed E-state index contributed by atoms with van der Waals surface area (Å²) in [5.41, 5.74) is -0.186. The maximum atomic E-state index is 12.8. The number of primary amides is 1. The van der Waals surface area contributed by atoms with Crippen molar-refractivity contribution in [2.75, 3.05) is 0 Å². The van der Waals surface area contributed by atoms with E-state index < -0.39 is 46.9 Å². The first-order valence-corrected chi connectivity index (χ1v) is 5.10. The molecule has 1 aromatic rings. The third-order valence-electron chi connectivity index (χ3n) is 2.52. The van der Waals surface area contributed by atoms with Crippen molar-refractivity contribution in [1.29, 1.82) is 0 Å². The van der Waals surface area contributed by atoms with E-state index in [9.17, 15) is 31.1 Å². The first-order valence-electron chi connectivity index (χ1n) is 5.10. The predicted molar refractivity (Wildman–Crippen MR) is 54.3 cm³/mol. The lowest BCUT2D eigenvalue weighted by Crippen LogP contribution is -2.23. The summed E-state index contributed by atoms with van der Waals surface area (Å²) in [5.74, 6) is -1.42. The van der Waals surface area contributed by atoms with Crippen LogP contribution in [0.2, 0.25) is 0 Å². The van der Waals surface area contributed by atoms with Crippen LogP contribution in [-0.4, -0.2) is 5.91 Å². The van der Waals surface area contributed by atoms with Gasteiger partial charge in [0.2, 0.25) is 5.91 Å². The van der Waals surface area contributed by atoms with Gasteiger partial charge >= 0.3 is 12.4 Å². The number of amides is 1. The number of nitrogens with two attached hydrogens (primary N) is 1. The Kier molecular flexibility index (Phi) is 3.83. The summed E-state index contributed by atoms with van der Waals surface area (Å²) in [6, 6.07) is 0.890. The van der Waals surface area contributed by atoms with Crippen molar-refractivity contribution in [3.05, 3.63) is 34.4 Å². The standard InChI is InChI=1S/C11H9F6NO/c1-2-5-7(10(12,13)14)4-3-6(9(18)19)8(5)11(15,16)17/h3-4H,2H2,1H3,(H2,18,19). The fraction of sp³-hybridized carbons (Fsp3) is 0.364. The molecule has 0 aliphatic rings. The van der Waals surface area contributed by atoms with Crippen LogP contribution >= 0.6 is 0 Å². The molecule has 8 heteroatoms. The van der Waals surface area contributed by atoms with Crippen LogP contribution in [0.4, 0.5) is 26.3 Å². The second-order valence-electron chi connectivity index (χ2n) is 3.73. The van der Waals surface area contributed by atoms with Crippen molar-refractivity contribution in [3.63, 3.8) is 0 Å². The highest BCUT2D eigenvalue weighted by atomic mass is 19.4. The highest BCUT2D eigenvalue weighted by Crippen LogP contribution is 2.41. The summed E-state index contributed by atoms with van der Waals surface area (Å²) in [4.78, 5) is 10.9. The van der Waals surface area contributed by atoms with Crippen LogP contribution in [0, 0.1) is 0 Å². The maximum absolute atomic E-state index is 12.8. The number of benzene rings is 1. The first kappa shape index (κ1) is 15.3. The van der Waals surface area contributed by atoms with Gasteiger partial charge in [-0.2, -0.15) is 26.3 Å². The van der Waals surface area contributed by atoms with E-state index in [1.807, 2.05) is 0 Å². The van der Waals surface area contributed by atoms with Gasteiger partial charge in [-0.1, -0.05) is 6.92 Å². The summed E-state index contributed by atoms with van der Waals surface area (Å²) in [6.07, 6.45) is -10.5. The van der Waals surface area contributed by atoms with Crippen molar-refractivity contribution < 1.29 is 31.1 Å². The zero-order valence-electron chi connectivity index (χ0n) is 9.62. The topological polar surface area (TPSA) is 43.1 Å². The highest BCUT2D eigenvalue weighted by molar-refractivity contribution is 5.95. The molecule has 2 N–H and O–H groups in total. The summed E-state index contributed by atoms with van der Waals surface area (Å²) in [5, 5.41) is 0. The first-order chi connectivity index (χ1) is 8.50. The average molecular weight is 285 g/mol. The Balaban J connectivity index is 3.75. The Hall–Kier alpha value is -1.73. The molecule has 1 amide bonds. The predicted octanol–water partition coefficient (Wildman–Crippen LogP) is 3.39. The molecule has 0 bridgehead atoms. The molecule has 106 valence electrons. The molecule has 0 unspecified atom stereocenters. The zero-order valence-corrected chi connectivity index (χ0v) is 9.62. The number of hydrogen-bond donors (Lipinski definition) is 1. The van der Waals surface area contributed by atoms with E-state index in [0.29, 0.717) is 12.1 Å². The molecule has 0 heterocycles. The summed E-state index contributed by atoms with van der Waals surface area (Å²) >= 11 is 0. The van der Waals surface area contributed by atoms with Gasteiger partial charge in [0.15, 0.2) is 0 Å². The van der Waals surface area contributed by atoms with Gasteiger partial charge in [0.25, 0.3) is 0 Å². The van der Waals surface area contributed by atoms with Crippen molar-refractivity contribution in [2.24, 2.45) is 5.73 Å². The minimum atomic E-state index is -5.09. The molecule has 0 saturated heterocycles. The molecule has 2 nitrogen and oxygen atoms in total. The van der Waals surface area contributed by atoms with E-state index in [1.54, 1.807) is 0 Å². The lowest BCUT2D eigenvalue weighted by Gasteiger charge is -2.20. The smallest absolute Gasteiger partial charge is 0.366 e. The molecule has 0 atom stereocenters. The third-order valence-corrected chi connectivity index (χ3v) is 2.52. The molecule has 0 spiro atoms. The fourth-order valence-electron chi connectivity index (χ4n) is 1.81. The van der Waals surface area contributed by atoms with Gasteiger partial charge in [0.05, 0.1) is 16.7 Å². The molecule has 0 aromatic heterocycles. The molecule has 19 heavy (non-hydrogen) atoms. The van der Waals surface area contributed by atoms with Gasteiger partial charge in [0, 0.05) is 0 Å². The lowest BCUT2D eigenvalue weighted by molar-refractivity contribution is -0.144. The molecule has 0 aliphatic carbocycles. The van der Waals surface area contributed by atoms with Crippen LogP contribution in [0.3, 0.4) is 0 Å². The van der Waals surface area contributed by atoms with Gasteiger partial charge in [-0.15, -0.1) is 0 Å². The van der Waals surface area contributed by atoms with Gasteiger partial charge in [-0.3, -0.25) is 4.79 Å². The molecule has 0 fully saturated rings. The molecular formula is C11H9F6NO. The lowest BCUT2D eigenvalue weighted by atomic mass is 9.93. The van der Waals surface area contributed by atoms with E-state index in [0.717, 1.165) is 6.92 Å². The maximum Gasteiger partial charge on any atom is 0.417 e. The number of hydrogen-bond acceptors (Lipinski definition) is 1. The second-order valence-corrected chi connectivity index (χ2v) is 3.73. The highest BCUT2D eigenvalue weighted by Gasteiger charge is 2.42. The van der Waals surface area contributed by atoms with E-state index in [-0.39, 0.29) is 0 Å². The Morgan fingerprint density at radius 2 is 1.63 bits per heavy atom. The van der Waals surface area contributed by atoms with Crippen molar-refractivity contribution in [1.82, 2.24) is 0 Å². The Labute approximate surface area is 104 Å². The average Bonchev–Trinajstić information content (AvgIpc) is 2.24. The molecule has 0 saturated carbocycles. The zero-order chi connectivity index (χ0) is 15.0. The van der Waals surface area contributed by atoms with Crippen LogP contribution in [0.1, 0.15) is 34.0 Å². The molecular weight excluding hydrogens is 276 g/mol. The van der Waals surface area contributed by atoms with E-state index in [2.05, 4.69) is 0 Å². The summed E-state index contributed by atoms with van der Waals surface area (Å²) in [7, 11) is 0. The monoisotopic (exact) mass is 285 g/mol. The van der Waals surface area contributed by atoms with E-state index in [4.69, 9.17) is 5.73 Å². The number of carbonyl (C=O) groups excluding carboxylic acids is 1. The van der Waals surface area contributed by atoms with Gasteiger partial charge in [-0.05, 0) is 24.1 Å². The van der Waals surface area contributed by atoms with E-state index >= 15 is 0 Å². The molecule has 1 aromatic carbocycles. The molecule has 1 rings (SSSR count). The van der Waals surface area contributed by atoms with Crippen LogP contribution in [0.5, 0.6) is 0 Å². The van der Waals surface area contributed by atoms with Gasteiger partial charge in [0.1, 0.15) is 0 Å². The van der Waals surface area contributed by atoms with Crippen LogP contribution in [-0.2, 0) is 18.8 Å². The largest absolute Gasteiger partial charge is 0.417 e. The van der Waals surface area contributed by atoms with Crippen molar-refractivity contribution in [3.8, 4) is 0 Å². The summed E-state index contributed by atoms with van der Waals surface area (Å²) < 4.78 is 76.5. The number of carbonyl (C=O) groups is 1. The van der Waals surface area contributed by atoms with Crippen molar-refractivity contribution >= 4 is 5.91 Å². The molecule has 0 aliphatic heterocycles. The number of halogens is 6. The van der Waals surface area contributed by atoms with Crippen LogP contribution in [0.25, 0.3) is 0 Å². The number of alkyl halides is 6. The van der Waals surface area contributed by atoms with E-state index in [1.165, 1.54) is 0 Å². The minimum absolute atomic E-state index is 0.439. The van der Waals surface area contributed by atoms with Crippen LogP contribution < -0.4 is 5.73 Å². The Morgan fingerprint density at radius 1 is 1.11 bits per heavy atom.